The first-order valence-corrected chi connectivity index (χ1v) is 8.71. The summed E-state index contributed by atoms with van der Waals surface area (Å²) in [5, 5.41) is 0.0581. The van der Waals surface area contributed by atoms with Gasteiger partial charge in [0, 0.05) is 29.0 Å². The average molecular weight is 379 g/mol. The Balaban J connectivity index is 1.82. The van der Waals surface area contributed by atoms with Gasteiger partial charge in [-0.1, -0.05) is 28.1 Å². The van der Waals surface area contributed by atoms with Crippen molar-refractivity contribution in [2.45, 2.75) is 5.37 Å². The molecule has 0 N–H and O–H groups in total. The van der Waals surface area contributed by atoms with Gasteiger partial charge < -0.3 is 9.64 Å². The van der Waals surface area contributed by atoms with Crippen LogP contribution in [-0.2, 0) is 0 Å². The Labute approximate surface area is 142 Å². The molecule has 1 aliphatic heterocycles. The molecule has 114 valence electrons. The summed E-state index contributed by atoms with van der Waals surface area (Å²) in [6, 6.07) is 11.6. The van der Waals surface area contributed by atoms with Gasteiger partial charge in [-0.05, 0) is 23.8 Å². The number of hydrogen-bond donors (Lipinski definition) is 0. The molecule has 0 saturated carbocycles. The fraction of sp³-hybridized carbons (Fsp3) is 0.250. The number of rotatable bonds is 3. The highest BCUT2D eigenvalue weighted by molar-refractivity contribution is 9.10. The van der Waals surface area contributed by atoms with Gasteiger partial charge >= 0.3 is 0 Å². The Bertz CT molecular complexity index is 661. The van der Waals surface area contributed by atoms with E-state index in [4.69, 9.17) is 4.74 Å². The summed E-state index contributed by atoms with van der Waals surface area (Å²) in [5.74, 6) is 1.46. The molecule has 1 fully saturated rings. The maximum absolute atomic E-state index is 12.7. The minimum Gasteiger partial charge on any atom is -0.481 e. The molecule has 1 aromatic carbocycles. The molecule has 0 bridgehead atoms. The number of methoxy groups -OCH3 is 1. The highest BCUT2D eigenvalue weighted by Crippen LogP contribution is 2.39. The van der Waals surface area contributed by atoms with Gasteiger partial charge in [0.15, 0.2) is 0 Å². The van der Waals surface area contributed by atoms with Crippen molar-refractivity contribution in [3.63, 3.8) is 0 Å². The zero-order valence-electron chi connectivity index (χ0n) is 12.0. The Morgan fingerprint density at radius 3 is 2.73 bits per heavy atom. The van der Waals surface area contributed by atoms with Crippen LogP contribution >= 0.6 is 27.7 Å². The molecule has 0 aliphatic carbocycles. The second-order valence-corrected chi connectivity index (χ2v) is 6.97. The van der Waals surface area contributed by atoms with Gasteiger partial charge in [-0.3, -0.25) is 4.79 Å². The van der Waals surface area contributed by atoms with Crippen molar-refractivity contribution >= 4 is 33.6 Å². The normalized spacial score (nSPS) is 17.5. The van der Waals surface area contributed by atoms with E-state index in [2.05, 4.69) is 33.0 Å². The summed E-state index contributed by atoms with van der Waals surface area (Å²) >= 11 is 5.23. The van der Waals surface area contributed by atoms with E-state index in [9.17, 15) is 4.79 Å². The number of amides is 1. The Morgan fingerprint density at radius 1 is 1.32 bits per heavy atom. The van der Waals surface area contributed by atoms with Crippen LogP contribution in [0.1, 0.15) is 21.3 Å². The Kier molecular flexibility index (Phi) is 4.69. The highest BCUT2D eigenvalue weighted by atomic mass is 79.9. The van der Waals surface area contributed by atoms with E-state index in [-0.39, 0.29) is 11.3 Å². The lowest BCUT2D eigenvalue weighted by Gasteiger charge is -2.24. The minimum absolute atomic E-state index is 0.00747. The molecule has 2 heterocycles. The van der Waals surface area contributed by atoms with Gasteiger partial charge in [0.2, 0.25) is 5.88 Å². The summed E-state index contributed by atoms with van der Waals surface area (Å²) in [5.41, 5.74) is 1.73. The van der Waals surface area contributed by atoms with E-state index >= 15 is 0 Å². The Hall–Kier alpha value is -1.53. The van der Waals surface area contributed by atoms with Gasteiger partial charge in [-0.25, -0.2) is 4.98 Å². The maximum atomic E-state index is 12.7. The van der Waals surface area contributed by atoms with Gasteiger partial charge in [-0.2, -0.15) is 0 Å². The molecule has 0 radical (unpaired) electrons. The van der Waals surface area contributed by atoms with Crippen molar-refractivity contribution in [2.75, 3.05) is 19.4 Å². The molecule has 4 nitrogen and oxygen atoms in total. The third-order valence-electron chi connectivity index (χ3n) is 3.50. The van der Waals surface area contributed by atoms with Crippen LogP contribution in [-0.4, -0.2) is 35.2 Å². The SMILES string of the molecule is COc1ccc(C(=O)N2CCSC2c2ccc(Br)cc2)cn1. The topological polar surface area (TPSA) is 42.4 Å². The van der Waals surface area contributed by atoms with Crippen LogP contribution in [0.2, 0.25) is 0 Å². The molecule has 0 spiro atoms. The van der Waals surface area contributed by atoms with E-state index in [1.807, 2.05) is 17.0 Å². The average Bonchev–Trinajstić information content (AvgIpc) is 3.04. The lowest BCUT2D eigenvalue weighted by atomic mass is 10.2. The number of halogens is 1. The van der Waals surface area contributed by atoms with Crippen LogP contribution < -0.4 is 4.74 Å². The van der Waals surface area contributed by atoms with E-state index < -0.39 is 0 Å². The monoisotopic (exact) mass is 378 g/mol. The second kappa shape index (κ2) is 6.71. The molecular weight excluding hydrogens is 364 g/mol. The van der Waals surface area contributed by atoms with Crippen molar-refractivity contribution in [1.82, 2.24) is 9.88 Å². The van der Waals surface area contributed by atoms with Crippen molar-refractivity contribution < 1.29 is 9.53 Å². The largest absolute Gasteiger partial charge is 0.481 e. The lowest BCUT2D eigenvalue weighted by Crippen LogP contribution is -2.30. The molecule has 6 heteroatoms. The highest BCUT2D eigenvalue weighted by Gasteiger charge is 2.31. The zero-order chi connectivity index (χ0) is 15.5. The fourth-order valence-electron chi connectivity index (χ4n) is 2.37. The van der Waals surface area contributed by atoms with Crippen molar-refractivity contribution in [2.24, 2.45) is 0 Å². The van der Waals surface area contributed by atoms with Crippen LogP contribution in [0.5, 0.6) is 5.88 Å². The number of ether oxygens (including phenoxy) is 1. The predicted molar refractivity (Wildman–Crippen MR) is 91.2 cm³/mol. The van der Waals surface area contributed by atoms with Crippen molar-refractivity contribution in [3.05, 3.63) is 58.2 Å². The number of nitrogens with zero attached hydrogens (tertiary/aromatic N) is 2. The molecule has 3 rings (SSSR count). The van der Waals surface area contributed by atoms with E-state index in [0.29, 0.717) is 11.4 Å². The third-order valence-corrected chi connectivity index (χ3v) is 5.29. The predicted octanol–water partition coefficient (Wildman–Crippen LogP) is 3.74. The molecule has 1 aliphatic rings. The summed E-state index contributed by atoms with van der Waals surface area (Å²) < 4.78 is 6.07. The Morgan fingerprint density at radius 2 is 2.09 bits per heavy atom. The summed E-state index contributed by atoms with van der Waals surface area (Å²) in [6.45, 7) is 0.746. The molecule has 22 heavy (non-hydrogen) atoms. The number of aromatic nitrogens is 1. The maximum Gasteiger partial charge on any atom is 0.256 e. The lowest BCUT2D eigenvalue weighted by molar-refractivity contribution is 0.0760. The van der Waals surface area contributed by atoms with Gasteiger partial charge in [0.25, 0.3) is 5.91 Å². The first kappa shape index (κ1) is 15.4. The molecule has 2 aromatic rings. The van der Waals surface area contributed by atoms with Crippen LogP contribution in [0.25, 0.3) is 0 Å². The first-order chi connectivity index (χ1) is 10.7. The third kappa shape index (κ3) is 3.13. The number of hydrogen-bond acceptors (Lipinski definition) is 4. The van der Waals surface area contributed by atoms with E-state index in [0.717, 1.165) is 22.3 Å². The van der Waals surface area contributed by atoms with E-state index in [1.165, 1.54) is 0 Å². The summed E-state index contributed by atoms with van der Waals surface area (Å²) in [6.07, 6.45) is 1.57. The number of thioether (sulfide) groups is 1. The molecule has 1 atom stereocenters. The standard InChI is InChI=1S/C16H15BrN2O2S/c1-21-14-7-4-12(10-18-14)15(20)19-8-9-22-16(19)11-2-5-13(17)6-3-11/h2-7,10,16H,8-9H2,1H3. The minimum atomic E-state index is 0.00747. The number of carbonyl (C=O) groups excluding carboxylic acids is 1. The first-order valence-electron chi connectivity index (χ1n) is 6.87. The van der Waals surface area contributed by atoms with Gasteiger partial charge in [0.1, 0.15) is 5.37 Å². The zero-order valence-corrected chi connectivity index (χ0v) is 14.4. The number of benzene rings is 1. The quantitative estimate of drug-likeness (QED) is 0.815. The molecular formula is C16H15BrN2O2S. The number of pyridine rings is 1. The molecule has 1 unspecified atom stereocenters. The fourth-order valence-corrected chi connectivity index (χ4v) is 3.90. The van der Waals surface area contributed by atoms with Gasteiger partial charge in [0.05, 0.1) is 12.7 Å². The second-order valence-electron chi connectivity index (χ2n) is 4.86. The van der Waals surface area contributed by atoms with Gasteiger partial charge in [-0.15, -0.1) is 11.8 Å². The van der Waals surface area contributed by atoms with Crippen LogP contribution in [0.15, 0.2) is 47.1 Å². The van der Waals surface area contributed by atoms with Crippen LogP contribution in [0.3, 0.4) is 0 Å². The molecule has 1 saturated heterocycles. The van der Waals surface area contributed by atoms with Crippen LogP contribution in [0.4, 0.5) is 0 Å². The molecule has 1 aromatic heterocycles. The molecule has 1 amide bonds. The smallest absolute Gasteiger partial charge is 0.256 e. The summed E-state index contributed by atoms with van der Waals surface area (Å²) in [7, 11) is 1.56. The van der Waals surface area contributed by atoms with Crippen molar-refractivity contribution in [3.8, 4) is 5.88 Å². The number of carbonyl (C=O) groups is 1. The van der Waals surface area contributed by atoms with Crippen molar-refractivity contribution in [1.29, 1.82) is 0 Å². The van der Waals surface area contributed by atoms with E-state index in [1.54, 1.807) is 37.2 Å². The van der Waals surface area contributed by atoms with Crippen LogP contribution in [0, 0.1) is 0 Å². The summed E-state index contributed by atoms with van der Waals surface area (Å²) in [4.78, 5) is 18.7.